The number of hydrogen-bond acceptors (Lipinski definition) is 7. The van der Waals surface area contributed by atoms with E-state index in [1.165, 1.54) is 24.5 Å². The van der Waals surface area contributed by atoms with Crippen molar-refractivity contribution in [2.24, 2.45) is 0 Å². The van der Waals surface area contributed by atoms with E-state index < -0.39 is 10.0 Å². The molecule has 3 aromatic rings. The van der Waals surface area contributed by atoms with Crippen LogP contribution in [0.5, 0.6) is 23.3 Å². The number of benzene rings is 2. The molecule has 0 aliphatic carbocycles. The number of para-hydroxylation sites is 1. The quantitative estimate of drug-likeness (QED) is 0.721. The van der Waals surface area contributed by atoms with Crippen LogP contribution < -0.4 is 18.9 Å². The summed E-state index contributed by atoms with van der Waals surface area (Å²) in [4.78, 5) is 8.09. The van der Waals surface area contributed by atoms with Crippen molar-refractivity contribution in [3.05, 3.63) is 60.9 Å². The molecule has 2 heterocycles. The Balaban J connectivity index is 1.49. The molecule has 1 aromatic heterocycles. The van der Waals surface area contributed by atoms with E-state index in [1.807, 2.05) is 18.2 Å². The molecule has 1 aliphatic rings. The topological polar surface area (TPSA) is 99.6 Å². The molecule has 0 spiro atoms. The van der Waals surface area contributed by atoms with Crippen molar-refractivity contribution in [2.75, 3.05) is 17.9 Å². The maximum absolute atomic E-state index is 12.6. The van der Waals surface area contributed by atoms with Crippen LogP contribution in [-0.2, 0) is 10.0 Å². The molecule has 1 aliphatic heterocycles. The number of nitrogens with one attached hydrogen (secondary N) is 1. The van der Waals surface area contributed by atoms with Gasteiger partial charge in [-0.15, -0.1) is 0 Å². The average Bonchev–Trinajstić information content (AvgIpc) is 2.70. The third-order valence-electron chi connectivity index (χ3n) is 3.66. The van der Waals surface area contributed by atoms with Gasteiger partial charge in [0.25, 0.3) is 10.0 Å². The van der Waals surface area contributed by atoms with E-state index >= 15 is 0 Å². The standard InChI is InChI=1S/C18H15N3O5S/c22-27(23,15-6-7-16-17(10-15)25-9-8-24-16)21-13-11-19-18(20-12-13)26-14-4-2-1-3-5-14/h1-7,10-12,21H,8-9H2. The zero-order chi connectivity index (χ0) is 18.7. The second-order valence-corrected chi connectivity index (χ2v) is 7.26. The van der Waals surface area contributed by atoms with Crippen molar-refractivity contribution < 1.29 is 22.6 Å². The second kappa shape index (κ2) is 7.12. The number of nitrogens with zero attached hydrogens (tertiary/aromatic N) is 2. The molecule has 0 bridgehead atoms. The monoisotopic (exact) mass is 385 g/mol. The van der Waals surface area contributed by atoms with Crippen molar-refractivity contribution in [3.8, 4) is 23.3 Å². The number of fused-ring (bicyclic) bond motifs is 1. The maximum atomic E-state index is 12.6. The van der Waals surface area contributed by atoms with Crippen LogP contribution in [0.4, 0.5) is 5.69 Å². The predicted octanol–water partition coefficient (Wildman–Crippen LogP) is 2.84. The highest BCUT2D eigenvalue weighted by molar-refractivity contribution is 7.92. The molecule has 138 valence electrons. The lowest BCUT2D eigenvalue weighted by atomic mass is 10.3. The number of rotatable bonds is 5. The van der Waals surface area contributed by atoms with Crippen molar-refractivity contribution in [1.82, 2.24) is 9.97 Å². The van der Waals surface area contributed by atoms with Gasteiger partial charge in [0.2, 0.25) is 0 Å². The maximum Gasteiger partial charge on any atom is 0.322 e. The third-order valence-corrected chi connectivity index (χ3v) is 5.04. The first-order valence-corrected chi connectivity index (χ1v) is 9.56. The first-order chi connectivity index (χ1) is 13.1. The lowest BCUT2D eigenvalue weighted by molar-refractivity contribution is 0.171. The molecule has 0 fully saturated rings. The molecule has 0 unspecified atom stereocenters. The lowest BCUT2D eigenvalue weighted by Crippen LogP contribution is -2.17. The summed E-state index contributed by atoms with van der Waals surface area (Å²) in [7, 11) is -3.82. The molecular formula is C18H15N3O5S. The van der Waals surface area contributed by atoms with E-state index in [-0.39, 0.29) is 16.6 Å². The second-order valence-electron chi connectivity index (χ2n) is 5.58. The fourth-order valence-electron chi connectivity index (χ4n) is 2.42. The molecule has 0 saturated heterocycles. The lowest BCUT2D eigenvalue weighted by Gasteiger charge is -2.19. The fraction of sp³-hybridized carbons (Fsp3) is 0.111. The Morgan fingerprint density at radius 1 is 0.926 bits per heavy atom. The zero-order valence-corrected chi connectivity index (χ0v) is 14.8. The average molecular weight is 385 g/mol. The van der Waals surface area contributed by atoms with Crippen LogP contribution in [0.15, 0.2) is 65.8 Å². The van der Waals surface area contributed by atoms with Crippen LogP contribution in [0.2, 0.25) is 0 Å². The van der Waals surface area contributed by atoms with Gasteiger partial charge in [-0.2, -0.15) is 0 Å². The van der Waals surface area contributed by atoms with Gasteiger partial charge in [0.05, 0.1) is 23.0 Å². The SMILES string of the molecule is O=S(=O)(Nc1cnc(Oc2ccccc2)nc1)c1ccc2c(c1)OCCO2. The molecule has 27 heavy (non-hydrogen) atoms. The van der Waals surface area contributed by atoms with Crippen LogP contribution in [-0.4, -0.2) is 31.6 Å². The Labute approximate surface area is 155 Å². The molecule has 0 atom stereocenters. The minimum absolute atomic E-state index is 0.0522. The first kappa shape index (κ1) is 17.1. The fourth-order valence-corrected chi connectivity index (χ4v) is 3.46. The highest BCUT2D eigenvalue weighted by atomic mass is 32.2. The van der Waals surface area contributed by atoms with Crippen molar-refractivity contribution in [1.29, 1.82) is 0 Å². The molecule has 1 N–H and O–H groups in total. The van der Waals surface area contributed by atoms with Crippen LogP contribution in [0, 0.1) is 0 Å². The van der Waals surface area contributed by atoms with E-state index in [1.54, 1.807) is 18.2 Å². The van der Waals surface area contributed by atoms with Crippen LogP contribution in [0.1, 0.15) is 0 Å². The van der Waals surface area contributed by atoms with Gasteiger partial charge in [0.15, 0.2) is 11.5 Å². The summed E-state index contributed by atoms with van der Waals surface area (Å²) >= 11 is 0. The number of ether oxygens (including phenoxy) is 3. The summed E-state index contributed by atoms with van der Waals surface area (Å²) in [6.45, 7) is 0.812. The largest absolute Gasteiger partial charge is 0.486 e. The van der Waals surface area contributed by atoms with Gasteiger partial charge in [-0.25, -0.2) is 18.4 Å². The van der Waals surface area contributed by atoms with Gasteiger partial charge in [-0.05, 0) is 24.3 Å². The minimum Gasteiger partial charge on any atom is -0.486 e. The van der Waals surface area contributed by atoms with Crippen LogP contribution in [0.25, 0.3) is 0 Å². The highest BCUT2D eigenvalue weighted by Gasteiger charge is 2.19. The Hall–Kier alpha value is -3.33. The van der Waals surface area contributed by atoms with Crippen LogP contribution >= 0.6 is 0 Å². The van der Waals surface area contributed by atoms with Crippen molar-refractivity contribution in [3.63, 3.8) is 0 Å². The molecular weight excluding hydrogens is 370 g/mol. The summed E-state index contributed by atoms with van der Waals surface area (Å²) in [6, 6.07) is 13.6. The van der Waals surface area contributed by atoms with Gasteiger partial charge in [-0.1, -0.05) is 18.2 Å². The summed E-state index contributed by atoms with van der Waals surface area (Å²) in [5.41, 5.74) is 0.213. The highest BCUT2D eigenvalue weighted by Crippen LogP contribution is 2.32. The van der Waals surface area contributed by atoms with Gasteiger partial charge >= 0.3 is 6.01 Å². The Morgan fingerprint density at radius 3 is 2.37 bits per heavy atom. The molecule has 0 amide bonds. The van der Waals surface area contributed by atoms with Crippen molar-refractivity contribution in [2.45, 2.75) is 4.90 Å². The molecule has 2 aromatic carbocycles. The van der Waals surface area contributed by atoms with E-state index in [0.717, 1.165) is 0 Å². The molecule has 4 rings (SSSR count). The van der Waals surface area contributed by atoms with Crippen LogP contribution in [0.3, 0.4) is 0 Å². The van der Waals surface area contributed by atoms with Gasteiger partial charge < -0.3 is 14.2 Å². The third kappa shape index (κ3) is 3.93. The molecule has 8 nitrogen and oxygen atoms in total. The normalized spacial score (nSPS) is 13.0. The van der Waals surface area contributed by atoms with Gasteiger partial charge in [0.1, 0.15) is 19.0 Å². The predicted molar refractivity (Wildman–Crippen MR) is 96.8 cm³/mol. The first-order valence-electron chi connectivity index (χ1n) is 8.08. The van der Waals surface area contributed by atoms with E-state index in [2.05, 4.69) is 14.7 Å². The van der Waals surface area contributed by atoms with E-state index in [4.69, 9.17) is 14.2 Å². The number of anilines is 1. The molecule has 9 heteroatoms. The smallest absolute Gasteiger partial charge is 0.322 e. The van der Waals surface area contributed by atoms with E-state index in [9.17, 15) is 8.42 Å². The summed E-state index contributed by atoms with van der Waals surface area (Å²) in [6.07, 6.45) is 2.67. The zero-order valence-electron chi connectivity index (χ0n) is 14.0. The number of aromatic nitrogens is 2. The van der Waals surface area contributed by atoms with E-state index in [0.29, 0.717) is 30.5 Å². The summed E-state index contributed by atoms with van der Waals surface area (Å²) < 4.78 is 43.9. The summed E-state index contributed by atoms with van der Waals surface area (Å²) in [5, 5.41) is 0. The molecule has 0 radical (unpaired) electrons. The van der Waals surface area contributed by atoms with Crippen molar-refractivity contribution >= 4 is 15.7 Å². The number of hydrogen-bond donors (Lipinski definition) is 1. The van der Waals surface area contributed by atoms with Gasteiger partial charge in [-0.3, -0.25) is 4.72 Å². The number of sulfonamides is 1. The molecule has 0 saturated carbocycles. The Morgan fingerprint density at radius 2 is 1.63 bits per heavy atom. The minimum atomic E-state index is -3.82. The van der Waals surface area contributed by atoms with Gasteiger partial charge in [0, 0.05) is 6.07 Å². The summed E-state index contributed by atoms with van der Waals surface area (Å²) in [5.74, 6) is 1.50. The Kier molecular flexibility index (Phi) is 4.51. The Bertz CT molecular complexity index is 1040.